The first kappa shape index (κ1) is 21.1. The van der Waals surface area contributed by atoms with E-state index in [-0.39, 0.29) is 0 Å². The molecule has 0 heterocycles. The van der Waals surface area contributed by atoms with Gasteiger partial charge in [-0.2, -0.15) is 0 Å². The van der Waals surface area contributed by atoms with Gasteiger partial charge in [-0.15, -0.1) is 13.2 Å². The third-order valence-electron chi connectivity index (χ3n) is 3.88. The minimum Gasteiger partial charge on any atom is -0.497 e. The van der Waals surface area contributed by atoms with Crippen molar-refractivity contribution in [2.75, 3.05) is 7.11 Å². The van der Waals surface area contributed by atoms with Gasteiger partial charge in [-0.3, -0.25) is 9.59 Å². The highest BCUT2D eigenvalue weighted by Gasteiger charge is 2.31. The maximum atomic E-state index is 12.6. The van der Waals surface area contributed by atoms with Crippen molar-refractivity contribution >= 4 is 11.9 Å². The number of rotatable bonds is 7. The third kappa shape index (κ3) is 5.90. The maximum Gasteiger partial charge on any atom is 0.573 e. The quantitative estimate of drug-likeness (QED) is 0.741. The largest absolute Gasteiger partial charge is 0.573 e. The zero-order chi connectivity index (χ0) is 20.9. The van der Waals surface area contributed by atoms with Crippen molar-refractivity contribution in [1.82, 2.24) is 5.32 Å². The summed E-state index contributed by atoms with van der Waals surface area (Å²) in [5, 5.41) is 11.7. The average Bonchev–Trinajstić information content (AvgIpc) is 2.59. The lowest BCUT2D eigenvalue weighted by Gasteiger charge is -2.19. The second-order valence-electron chi connectivity index (χ2n) is 5.92. The van der Waals surface area contributed by atoms with Gasteiger partial charge in [-0.05, 0) is 48.4 Å². The van der Waals surface area contributed by atoms with E-state index in [9.17, 15) is 22.8 Å². The van der Waals surface area contributed by atoms with E-state index >= 15 is 0 Å². The SMILES string of the molecule is COc1ccc(C(=O)NC(CC(=O)O)c2ccc(OC(F)(F)F)cc2)c(C)c1. The first-order valence-electron chi connectivity index (χ1n) is 8.12. The van der Waals surface area contributed by atoms with Crippen LogP contribution < -0.4 is 14.8 Å². The van der Waals surface area contributed by atoms with Gasteiger partial charge in [0.1, 0.15) is 11.5 Å². The molecule has 2 aromatic carbocycles. The molecule has 0 bridgehead atoms. The highest BCUT2D eigenvalue weighted by molar-refractivity contribution is 5.96. The third-order valence-corrected chi connectivity index (χ3v) is 3.88. The van der Waals surface area contributed by atoms with Crippen LogP contribution in [0.3, 0.4) is 0 Å². The van der Waals surface area contributed by atoms with Gasteiger partial charge in [-0.25, -0.2) is 0 Å². The van der Waals surface area contributed by atoms with Crippen LogP contribution in [0.2, 0.25) is 0 Å². The molecule has 0 saturated heterocycles. The molecule has 0 aliphatic heterocycles. The first-order valence-corrected chi connectivity index (χ1v) is 8.12. The molecule has 28 heavy (non-hydrogen) atoms. The summed E-state index contributed by atoms with van der Waals surface area (Å²) in [6, 6.07) is 8.52. The second kappa shape index (κ2) is 8.64. The fourth-order valence-corrected chi connectivity index (χ4v) is 2.58. The number of carboxylic acids is 1. The lowest BCUT2D eigenvalue weighted by molar-refractivity contribution is -0.274. The Hall–Kier alpha value is -3.23. The van der Waals surface area contributed by atoms with Gasteiger partial charge in [0.15, 0.2) is 0 Å². The van der Waals surface area contributed by atoms with Gasteiger partial charge >= 0.3 is 12.3 Å². The fraction of sp³-hybridized carbons (Fsp3) is 0.263. The predicted molar refractivity (Wildman–Crippen MR) is 93.3 cm³/mol. The molecular weight excluding hydrogens is 379 g/mol. The second-order valence-corrected chi connectivity index (χ2v) is 5.92. The van der Waals surface area contributed by atoms with Crippen molar-refractivity contribution in [3.05, 3.63) is 59.2 Å². The van der Waals surface area contributed by atoms with Crippen LogP contribution >= 0.6 is 0 Å². The van der Waals surface area contributed by atoms with Crippen LogP contribution in [0.1, 0.15) is 33.9 Å². The molecule has 0 aliphatic carbocycles. The number of hydrogen-bond donors (Lipinski definition) is 2. The average molecular weight is 397 g/mol. The Labute approximate surface area is 158 Å². The van der Waals surface area contributed by atoms with Crippen molar-refractivity contribution in [2.24, 2.45) is 0 Å². The molecule has 2 N–H and O–H groups in total. The molecule has 0 aliphatic rings. The van der Waals surface area contributed by atoms with Crippen LogP contribution in [0.4, 0.5) is 13.2 Å². The molecule has 0 radical (unpaired) electrons. The van der Waals surface area contributed by atoms with E-state index in [0.29, 0.717) is 22.4 Å². The molecule has 2 rings (SSSR count). The Kier molecular flexibility index (Phi) is 6.50. The lowest BCUT2D eigenvalue weighted by Crippen LogP contribution is -2.30. The molecule has 1 atom stereocenters. The molecule has 0 saturated carbocycles. The smallest absolute Gasteiger partial charge is 0.497 e. The van der Waals surface area contributed by atoms with E-state index in [0.717, 1.165) is 12.1 Å². The standard InChI is InChI=1S/C19H18F3NO5/c1-11-9-14(27-2)7-8-15(11)18(26)23-16(10-17(24)25)12-3-5-13(6-4-12)28-19(20,21)22/h3-9,16H,10H2,1-2H3,(H,23,26)(H,24,25). The van der Waals surface area contributed by atoms with Crippen LogP contribution in [0, 0.1) is 6.92 Å². The lowest BCUT2D eigenvalue weighted by atomic mass is 10.0. The summed E-state index contributed by atoms with van der Waals surface area (Å²) in [7, 11) is 1.49. The molecule has 9 heteroatoms. The number of hydrogen-bond acceptors (Lipinski definition) is 4. The molecule has 1 unspecified atom stereocenters. The molecule has 150 valence electrons. The van der Waals surface area contributed by atoms with Gasteiger partial charge in [-0.1, -0.05) is 12.1 Å². The monoisotopic (exact) mass is 397 g/mol. The summed E-state index contributed by atoms with van der Waals surface area (Å²) in [6.45, 7) is 1.70. The zero-order valence-electron chi connectivity index (χ0n) is 15.0. The van der Waals surface area contributed by atoms with Crippen molar-refractivity contribution < 1.29 is 37.3 Å². The minimum absolute atomic E-state index is 0.327. The number of amides is 1. The highest BCUT2D eigenvalue weighted by Crippen LogP contribution is 2.26. The predicted octanol–water partition coefficient (Wildman–Crippen LogP) is 3.85. The van der Waals surface area contributed by atoms with Crippen LogP contribution in [-0.2, 0) is 4.79 Å². The van der Waals surface area contributed by atoms with Crippen molar-refractivity contribution in [1.29, 1.82) is 0 Å². The maximum absolute atomic E-state index is 12.6. The van der Waals surface area contributed by atoms with Gasteiger partial charge in [0.25, 0.3) is 5.91 Å². The number of methoxy groups -OCH3 is 1. The van der Waals surface area contributed by atoms with Crippen LogP contribution in [-0.4, -0.2) is 30.5 Å². The molecule has 6 nitrogen and oxygen atoms in total. The topological polar surface area (TPSA) is 84.9 Å². The number of benzene rings is 2. The van der Waals surface area contributed by atoms with E-state index in [1.165, 1.54) is 19.2 Å². The number of aryl methyl sites for hydroxylation is 1. The highest BCUT2D eigenvalue weighted by atomic mass is 19.4. The number of alkyl halides is 3. The molecule has 0 aromatic heterocycles. The Morgan fingerprint density at radius 2 is 1.71 bits per heavy atom. The molecule has 2 aromatic rings. The summed E-state index contributed by atoms with van der Waals surface area (Å²) in [5.74, 6) is -1.56. The van der Waals surface area contributed by atoms with E-state index in [1.807, 2.05) is 0 Å². The van der Waals surface area contributed by atoms with Gasteiger partial charge in [0, 0.05) is 5.56 Å². The van der Waals surface area contributed by atoms with Crippen LogP contribution in [0.15, 0.2) is 42.5 Å². The number of ether oxygens (including phenoxy) is 2. The number of carboxylic acid groups (broad SMARTS) is 1. The Morgan fingerprint density at radius 1 is 1.11 bits per heavy atom. The summed E-state index contributed by atoms with van der Waals surface area (Å²) < 4.78 is 45.6. The normalized spacial score (nSPS) is 12.2. The van der Waals surface area contributed by atoms with E-state index in [2.05, 4.69) is 10.1 Å². The van der Waals surface area contributed by atoms with Crippen molar-refractivity contribution in [2.45, 2.75) is 25.7 Å². The Bertz CT molecular complexity index is 850. The van der Waals surface area contributed by atoms with Gasteiger partial charge in [0.2, 0.25) is 0 Å². The summed E-state index contributed by atoms with van der Waals surface area (Å²) >= 11 is 0. The van der Waals surface area contributed by atoms with Gasteiger partial charge in [0.05, 0.1) is 19.6 Å². The zero-order valence-corrected chi connectivity index (χ0v) is 15.0. The Morgan fingerprint density at radius 3 is 2.21 bits per heavy atom. The Balaban J connectivity index is 2.21. The molecular formula is C19H18F3NO5. The van der Waals surface area contributed by atoms with Crippen molar-refractivity contribution in [3.63, 3.8) is 0 Å². The van der Waals surface area contributed by atoms with Crippen LogP contribution in [0.5, 0.6) is 11.5 Å². The number of halogens is 3. The number of carbonyl (C=O) groups is 2. The first-order chi connectivity index (χ1) is 13.1. The van der Waals surface area contributed by atoms with E-state index in [1.54, 1.807) is 25.1 Å². The molecule has 0 fully saturated rings. The van der Waals surface area contributed by atoms with Crippen molar-refractivity contribution in [3.8, 4) is 11.5 Å². The van der Waals surface area contributed by atoms with Gasteiger partial charge < -0.3 is 19.9 Å². The fourth-order valence-electron chi connectivity index (χ4n) is 2.58. The summed E-state index contributed by atoms with van der Waals surface area (Å²) in [5.41, 5.74) is 1.28. The van der Waals surface area contributed by atoms with E-state index < -0.39 is 36.5 Å². The number of carbonyl (C=O) groups excluding carboxylic acids is 1. The summed E-state index contributed by atoms with van der Waals surface area (Å²) in [4.78, 5) is 23.7. The van der Waals surface area contributed by atoms with Crippen LogP contribution in [0.25, 0.3) is 0 Å². The number of nitrogens with one attached hydrogen (secondary N) is 1. The van der Waals surface area contributed by atoms with E-state index in [4.69, 9.17) is 9.84 Å². The summed E-state index contributed by atoms with van der Waals surface area (Å²) in [6.07, 6.45) is -5.28. The minimum atomic E-state index is -4.83. The molecule has 1 amide bonds. The molecule has 0 spiro atoms. The number of aliphatic carboxylic acids is 1.